The molecule has 1 aliphatic rings. The zero-order chi connectivity index (χ0) is 24.5. The number of rotatable bonds is 11. The van der Waals surface area contributed by atoms with E-state index in [0.29, 0.717) is 24.4 Å². The SMILES string of the molecule is C=C(C=CN=CC)c1c(-c2nc(-c3ccc(CNCCOC)cc3)no2)cnn1C1CCCCC1. The van der Waals surface area contributed by atoms with Crippen molar-refractivity contribution in [1.82, 2.24) is 25.2 Å². The Morgan fingerprint density at radius 2 is 2.06 bits per heavy atom. The lowest BCUT2D eigenvalue weighted by Crippen LogP contribution is -2.18. The molecule has 0 unspecified atom stereocenters. The maximum absolute atomic E-state index is 5.71. The smallest absolute Gasteiger partial charge is 0.262 e. The van der Waals surface area contributed by atoms with Crippen LogP contribution in [0.5, 0.6) is 0 Å². The van der Waals surface area contributed by atoms with Crippen LogP contribution >= 0.6 is 0 Å². The zero-order valence-corrected chi connectivity index (χ0v) is 20.6. The molecular weight excluding hydrogens is 440 g/mol. The number of ether oxygens (including phenoxy) is 1. The highest BCUT2D eigenvalue weighted by molar-refractivity contribution is 5.80. The average Bonchev–Trinajstić information content (AvgIpc) is 3.55. The largest absolute Gasteiger partial charge is 0.383 e. The van der Waals surface area contributed by atoms with Crippen molar-refractivity contribution in [2.75, 3.05) is 20.3 Å². The number of benzene rings is 1. The van der Waals surface area contributed by atoms with E-state index in [2.05, 4.69) is 38.9 Å². The van der Waals surface area contributed by atoms with Gasteiger partial charge in [0.2, 0.25) is 5.82 Å². The van der Waals surface area contributed by atoms with Gasteiger partial charge in [-0.15, -0.1) is 0 Å². The zero-order valence-electron chi connectivity index (χ0n) is 20.6. The summed E-state index contributed by atoms with van der Waals surface area (Å²) in [5.41, 5.74) is 4.61. The van der Waals surface area contributed by atoms with E-state index in [4.69, 9.17) is 19.3 Å². The van der Waals surface area contributed by atoms with E-state index in [9.17, 15) is 0 Å². The number of methoxy groups -OCH3 is 1. The highest BCUT2D eigenvalue weighted by atomic mass is 16.5. The lowest BCUT2D eigenvalue weighted by Gasteiger charge is -2.24. The Labute approximate surface area is 206 Å². The summed E-state index contributed by atoms with van der Waals surface area (Å²) in [5, 5.41) is 12.3. The van der Waals surface area contributed by atoms with E-state index < -0.39 is 0 Å². The first kappa shape index (κ1) is 24.8. The van der Waals surface area contributed by atoms with E-state index in [0.717, 1.165) is 48.3 Å². The molecule has 0 saturated heterocycles. The standard InChI is InChI=1S/C27H34N6O2/c1-4-28-15-14-20(2)25-24(19-30-33(25)23-8-6-5-7-9-23)27-31-26(32-35-27)22-12-10-21(11-13-22)18-29-16-17-34-3/h4,10-15,19,23,29H,2,5-9,16-18H2,1,3H3. The molecule has 0 bridgehead atoms. The van der Waals surface area contributed by atoms with Gasteiger partial charge < -0.3 is 14.6 Å². The molecule has 1 N–H and O–H groups in total. The molecule has 1 saturated carbocycles. The normalized spacial score (nSPS) is 14.9. The minimum Gasteiger partial charge on any atom is -0.383 e. The van der Waals surface area contributed by atoms with Crippen molar-refractivity contribution >= 4 is 11.8 Å². The minimum atomic E-state index is 0.347. The molecule has 8 nitrogen and oxygen atoms in total. The van der Waals surface area contributed by atoms with Gasteiger partial charge in [0.1, 0.15) is 0 Å². The van der Waals surface area contributed by atoms with Crippen molar-refractivity contribution in [1.29, 1.82) is 0 Å². The third-order valence-corrected chi connectivity index (χ3v) is 6.21. The van der Waals surface area contributed by atoms with Crippen LogP contribution in [0.2, 0.25) is 0 Å². The summed E-state index contributed by atoms with van der Waals surface area (Å²) in [6.07, 6.45) is 13.1. The average molecular weight is 475 g/mol. The van der Waals surface area contributed by atoms with E-state index in [1.165, 1.54) is 24.8 Å². The molecule has 3 aromatic rings. The number of allylic oxidation sites excluding steroid dienone is 2. The number of hydrogen-bond acceptors (Lipinski definition) is 7. The van der Waals surface area contributed by atoms with Crippen molar-refractivity contribution < 1.29 is 9.26 Å². The van der Waals surface area contributed by atoms with E-state index >= 15 is 0 Å². The van der Waals surface area contributed by atoms with Crippen LogP contribution in [-0.4, -0.2) is 46.4 Å². The number of nitrogens with zero attached hydrogens (tertiary/aromatic N) is 5. The van der Waals surface area contributed by atoms with Crippen LogP contribution in [0.3, 0.4) is 0 Å². The molecule has 2 heterocycles. The number of nitrogens with one attached hydrogen (secondary N) is 1. The molecule has 2 aromatic heterocycles. The van der Waals surface area contributed by atoms with E-state index in [-0.39, 0.29) is 0 Å². The summed E-state index contributed by atoms with van der Waals surface area (Å²) in [5.74, 6) is 0.989. The molecule has 1 aromatic carbocycles. The molecule has 1 fully saturated rings. The Balaban J connectivity index is 1.58. The highest BCUT2D eigenvalue weighted by Crippen LogP contribution is 2.35. The number of aliphatic imine (C=N–C) groups is 1. The molecular formula is C27H34N6O2. The van der Waals surface area contributed by atoms with Gasteiger partial charge in [-0.25, -0.2) is 0 Å². The van der Waals surface area contributed by atoms with Crippen LogP contribution in [0.25, 0.3) is 28.4 Å². The van der Waals surface area contributed by atoms with Crippen LogP contribution in [-0.2, 0) is 11.3 Å². The Morgan fingerprint density at radius 1 is 1.26 bits per heavy atom. The maximum Gasteiger partial charge on any atom is 0.262 e. The first-order valence-corrected chi connectivity index (χ1v) is 12.3. The molecule has 0 atom stereocenters. The van der Waals surface area contributed by atoms with E-state index in [1.807, 2.05) is 31.3 Å². The van der Waals surface area contributed by atoms with Gasteiger partial charge in [-0.1, -0.05) is 55.3 Å². The Morgan fingerprint density at radius 3 is 2.80 bits per heavy atom. The molecule has 0 amide bonds. The Hall–Kier alpha value is -3.36. The monoisotopic (exact) mass is 474 g/mol. The molecule has 0 aliphatic heterocycles. The van der Waals surface area contributed by atoms with Crippen LogP contribution in [0.4, 0.5) is 0 Å². The Bertz CT molecular complexity index is 1150. The highest BCUT2D eigenvalue weighted by Gasteiger charge is 2.25. The lowest BCUT2D eigenvalue weighted by molar-refractivity contribution is 0.199. The fourth-order valence-corrected chi connectivity index (χ4v) is 4.37. The lowest BCUT2D eigenvalue weighted by atomic mass is 9.95. The molecule has 8 heteroatoms. The fraction of sp³-hybridized carbons (Fsp3) is 0.407. The second-order valence-corrected chi connectivity index (χ2v) is 8.68. The summed E-state index contributed by atoms with van der Waals surface area (Å²) in [7, 11) is 1.70. The summed E-state index contributed by atoms with van der Waals surface area (Å²) < 4.78 is 12.9. The fourth-order valence-electron chi connectivity index (χ4n) is 4.37. The van der Waals surface area contributed by atoms with Crippen molar-refractivity contribution in [3.63, 3.8) is 0 Å². The number of aromatic nitrogens is 4. The third kappa shape index (κ3) is 6.21. The molecule has 0 spiro atoms. The molecule has 4 rings (SSSR count). The van der Waals surface area contributed by atoms with Crippen LogP contribution in [0, 0.1) is 0 Å². The van der Waals surface area contributed by atoms with Crippen molar-refractivity contribution in [3.8, 4) is 22.8 Å². The van der Waals surface area contributed by atoms with Crippen LogP contribution in [0.15, 0.2) is 58.8 Å². The molecule has 0 radical (unpaired) electrons. The maximum atomic E-state index is 5.71. The predicted molar refractivity (Wildman–Crippen MR) is 139 cm³/mol. The van der Waals surface area contributed by atoms with Gasteiger partial charge in [0, 0.05) is 38.2 Å². The van der Waals surface area contributed by atoms with Crippen LogP contribution < -0.4 is 5.32 Å². The molecule has 35 heavy (non-hydrogen) atoms. The first-order valence-electron chi connectivity index (χ1n) is 12.3. The second kappa shape index (κ2) is 12.4. The minimum absolute atomic E-state index is 0.347. The second-order valence-electron chi connectivity index (χ2n) is 8.68. The topological polar surface area (TPSA) is 90.4 Å². The van der Waals surface area contributed by atoms with Crippen molar-refractivity contribution in [2.24, 2.45) is 4.99 Å². The molecule has 1 aliphatic carbocycles. The third-order valence-electron chi connectivity index (χ3n) is 6.21. The van der Waals surface area contributed by atoms with Gasteiger partial charge in [0.15, 0.2) is 0 Å². The Kier molecular flexibility index (Phi) is 8.75. The summed E-state index contributed by atoms with van der Waals surface area (Å²) in [6.45, 7) is 8.47. The predicted octanol–water partition coefficient (Wildman–Crippen LogP) is 5.46. The van der Waals surface area contributed by atoms with Gasteiger partial charge in [0.05, 0.1) is 30.1 Å². The van der Waals surface area contributed by atoms with Gasteiger partial charge in [-0.3, -0.25) is 9.67 Å². The molecule has 184 valence electrons. The number of hydrogen-bond donors (Lipinski definition) is 1. The van der Waals surface area contributed by atoms with Gasteiger partial charge in [-0.05, 0) is 37.0 Å². The van der Waals surface area contributed by atoms with Gasteiger partial charge in [0.25, 0.3) is 5.89 Å². The van der Waals surface area contributed by atoms with E-state index in [1.54, 1.807) is 19.5 Å². The summed E-state index contributed by atoms with van der Waals surface area (Å²) in [4.78, 5) is 8.89. The van der Waals surface area contributed by atoms with Crippen molar-refractivity contribution in [3.05, 3.63) is 60.6 Å². The van der Waals surface area contributed by atoms with Gasteiger partial charge in [-0.2, -0.15) is 10.1 Å². The van der Waals surface area contributed by atoms with Gasteiger partial charge >= 0.3 is 0 Å². The summed E-state index contributed by atoms with van der Waals surface area (Å²) >= 11 is 0. The summed E-state index contributed by atoms with van der Waals surface area (Å²) in [6, 6.07) is 8.51. The van der Waals surface area contributed by atoms with Crippen LogP contribution in [0.1, 0.15) is 56.3 Å². The quantitative estimate of drug-likeness (QED) is 0.225. The first-order chi connectivity index (χ1) is 17.2. The van der Waals surface area contributed by atoms with Crippen molar-refractivity contribution in [2.45, 2.75) is 51.6 Å².